The summed E-state index contributed by atoms with van der Waals surface area (Å²) in [5.41, 5.74) is 6.37. The van der Waals surface area contributed by atoms with Gasteiger partial charge in [-0.05, 0) is 35.1 Å². The van der Waals surface area contributed by atoms with Gasteiger partial charge in [0, 0.05) is 33.4 Å². The molecule has 108 valence electrons. The molecule has 2 aromatic rings. The van der Waals surface area contributed by atoms with E-state index in [9.17, 15) is 4.39 Å². The second-order valence-corrected chi connectivity index (χ2v) is 6.86. The first-order valence-corrected chi connectivity index (χ1v) is 8.15. The molecule has 1 heterocycles. The highest BCUT2D eigenvalue weighted by atomic mass is 79.9. The van der Waals surface area contributed by atoms with E-state index in [1.165, 1.54) is 4.88 Å². The van der Waals surface area contributed by atoms with Crippen LogP contribution in [0.5, 0.6) is 0 Å². The molecule has 0 saturated heterocycles. The number of halogens is 3. The van der Waals surface area contributed by atoms with Gasteiger partial charge in [0.25, 0.3) is 0 Å². The van der Waals surface area contributed by atoms with Crippen LogP contribution in [0.1, 0.15) is 16.5 Å². The van der Waals surface area contributed by atoms with Crippen LogP contribution in [0.3, 0.4) is 0 Å². The predicted molar refractivity (Wildman–Crippen MR) is 86.7 cm³/mol. The molecule has 0 aliphatic heterocycles. The molecule has 1 aromatic heterocycles. The zero-order valence-corrected chi connectivity index (χ0v) is 14.1. The van der Waals surface area contributed by atoms with Gasteiger partial charge in [-0.3, -0.25) is 4.90 Å². The monoisotopic (exact) mass is 376 g/mol. The van der Waals surface area contributed by atoms with Crippen molar-refractivity contribution >= 4 is 38.9 Å². The van der Waals surface area contributed by atoms with Gasteiger partial charge in [-0.25, -0.2) is 4.39 Å². The molecule has 2 N–H and O–H groups in total. The minimum atomic E-state index is -0.385. The molecule has 0 aliphatic rings. The van der Waals surface area contributed by atoms with Gasteiger partial charge in [0.05, 0.1) is 11.1 Å². The Hall–Kier alpha value is -0.460. The van der Waals surface area contributed by atoms with Gasteiger partial charge in [-0.1, -0.05) is 23.7 Å². The predicted octanol–water partition coefficient (Wildman–Crippen LogP) is 4.43. The van der Waals surface area contributed by atoms with Crippen LogP contribution in [-0.2, 0) is 6.54 Å². The van der Waals surface area contributed by atoms with Crippen molar-refractivity contribution in [3.8, 4) is 0 Å². The number of likely N-dealkylation sites (N-methyl/N-ethyl adjacent to an activating group) is 1. The Balaban J connectivity index is 2.20. The molecule has 0 amide bonds. The summed E-state index contributed by atoms with van der Waals surface area (Å²) >= 11 is 10.9. The molecule has 6 heteroatoms. The van der Waals surface area contributed by atoms with Gasteiger partial charge in [0.2, 0.25) is 0 Å². The van der Waals surface area contributed by atoms with Crippen LogP contribution in [0.2, 0.25) is 5.02 Å². The normalized spacial score (nSPS) is 12.9. The first-order chi connectivity index (χ1) is 9.52. The molecule has 0 saturated carbocycles. The summed E-state index contributed by atoms with van der Waals surface area (Å²) in [5, 5.41) is 2.16. The number of thiophene rings is 1. The Morgan fingerprint density at radius 2 is 2.25 bits per heavy atom. The summed E-state index contributed by atoms with van der Waals surface area (Å²) in [5.74, 6) is -0.385. The van der Waals surface area contributed by atoms with Crippen LogP contribution in [0.15, 0.2) is 34.1 Å². The van der Waals surface area contributed by atoms with Crippen LogP contribution in [0.4, 0.5) is 4.39 Å². The number of benzene rings is 1. The molecule has 2 nitrogen and oxygen atoms in total. The van der Waals surface area contributed by atoms with Crippen molar-refractivity contribution in [3.05, 3.63) is 55.4 Å². The van der Waals surface area contributed by atoms with E-state index >= 15 is 0 Å². The number of hydrogen-bond donors (Lipinski definition) is 1. The van der Waals surface area contributed by atoms with Crippen molar-refractivity contribution in [1.82, 2.24) is 4.90 Å². The Morgan fingerprint density at radius 3 is 2.85 bits per heavy atom. The summed E-state index contributed by atoms with van der Waals surface area (Å²) in [6.07, 6.45) is 0. The number of rotatable bonds is 5. The highest BCUT2D eigenvalue weighted by molar-refractivity contribution is 9.10. The van der Waals surface area contributed by atoms with Crippen LogP contribution in [0.25, 0.3) is 0 Å². The highest BCUT2D eigenvalue weighted by Crippen LogP contribution is 2.28. The fourth-order valence-corrected chi connectivity index (χ4v) is 3.81. The lowest BCUT2D eigenvalue weighted by Crippen LogP contribution is -2.30. The zero-order valence-electron chi connectivity index (χ0n) is 10.9. The Labute approximate surface area is 135 Å². The average Bonchev–Trinajstić information content (AvgIpc) is 2.81. The summed E-state index contributed by atoms with van der Waals surface area (Å²) in [6, 6.07) is 6.89. The SMILES string of the molecule is CN(Cc1cc(Br)cs1)C(CN)c1cccc(Cl)c1F. The molecule has 1 aromatic carbocycles. The summed E-state index contributed by atoms with van der Waals surface area (Å²) in [4.78, 5) is 3.23. The van der Waals surface area contributed by atoms with Crippen molar-refractivity contribution < 1.29 is 4.39 Å². The fraction of sp³-hybridized carbons (Fsp3) is 0.286. The summed E-state index contributed by atoms with van der Waals surface area (Å²) < 4.78 is 15.2. The maximum absolute atomic E-state index is 14.1. The summed E-state index contributed by atoms with van der Waals surface area (Å²) in [7, 11) is 1.94. The van der Waals surface area contributed by atoms with Crippen molar-refractivity contribution in [3.63, 3.8) is 0 Å². The largest absolute Gasteiger partial charge is 0.329 e. The molecular weight excluding hydrogens is 363 g/mol. The average molecular weight is 378 g/mol. The van der Waals surface area contributed by atoms with Crippen LogP contribution in [-0.4, -0.2) is 18.5 Å². The number of nitrogens with two attached hydrogens (primary N) is 1. The van der Waals surface area contributed by atoms with Crippen molar-refractivity contribution in [1.29, 1.82) is 0 Å². The van der Waals surface area contributed by atoms with Gasteiger partial charge < -0.3 is 5.73 Å². The van der Waals surface area contributed by atoms with E-state index in [-0.39, 0.29) is 16.9 Å². The molecule has 0 radical (unpaired) electrons. The minimum absolute atomic E-state index is 0.133. The van der Waals surface area contributed by atoms with Gasteiger partial charge in [-0.2, -0.15) is 0 Å². The van der Waals surface area contributed by atoms with Crippen molar-refractivity contribution in [2.45, 2.75) is 12.6 Å². The van der Waals surface area contributed by atoms with Gasteiger partial charge in [0.1, 0.15) is 5.82 Å². The Morgan fingerprint density at radius 1 is 1.50 bits per heavy atom. The van der Waals surface area contributed by atoms with Crippen molar-refractivity contribution in [2.24, 2.45) is 5.73 Å². The first kappa shape index (κ1) is 15.9. The molecular formula is C14H15BrClFN2S. The molecule has 1 atom stereocenters. The maximum Gasteiger partial charge on any atom is 0.146 e. The van der Waals surface area contributed by atoms with Crippen LogP contribution < -0.4 is 5.73 Å². The molecule has 0 spiro atoms. The van der Waals surface area contributed by atoms with E-state index in [2.05, 4.69) is 22.0 Å². The van der Waals surface area contributed by atoms with E-state index in [0.717, 1.165) is 4.47 Å². The van der Waals surface area contributed by atoms with E-state index in [0.29, 0.717) is 18.7 Å². The maximum atomic E-state index is 14.1. The summed E-state index contributed by atoms with van der Waals surface area (Å²) in [6.45, 7) is 1.05. The topological polar surface area (TPSA) is 29.3 Å². The quantitative estimate of drug-likeness (QED) is 0.835. The fourth-order valence-electron chi connectivity index (χ4n) is 2.11. The van der Waals surface area contributed by atoms with Crippen LogP contribution in [0, 0.1) is 5.82 Å². The lowest BCUT2D eigenvalue weighted by molar-refractivity contribution is 0.239. The number of nitrogens with zero attached hydrogens (tertiary/aromatic N) is 1. The molecule has 0 fully saturated rings. The van der Waals surface area contributed by atoms with E-state index in [1.807, 2.05) is 17.3 Å². The standard InChI is InChI=1S/C14H15BrClFN2S/c1-19(7-10-5-9(15)8-20-10)13(6-18)11-3-2-4-12(16)14(11)17/h2-5,8,13H,6-7,18H2,1H3. The van der Waals surface area contributed by atoms with Gasteiger partial charge in [0.15, 0.2) is 0 Å². The Kier molecular flexibility index (Phi) is 5.57. The van der Waals surface area contributed by atoms with E-state index in [1.54, 1.807) is 29.5 Å². The first-order valence-electron chi connectivity index (χ1n) is 6.10. The lowest BCUT2D eigenvalue weighted by atomic mass is 10.0. The third-order valence-electron chi connectivity index (χ3n) is 3.12. The molecule has 0 aliphatic carbocycles. The molecule has 20 heavy (non-hydrogen) atoms. The number of hydrogen-bond acceptors (Lipinski definition) is 3. The third-order valence-corrected chi connectivity index (χ3v) is 5.10. The highest BCUT2D eigenvalue weighted by Gasteiger charge is 2.20. The zero-order chi connectivity index (χ0) is 14.7. The lowest BCUT2D eigenvalue weighted by Gasteiger charge is -2.27. The van der Waals surface area contributed by atoms with E-state index in [4.69, 9.17) is 17.3 Å². The molecule has 2 rings (SSSR count). The van der Waals surface area contributed by atoms with Crippen LogP contribution >= 0.6 is 38.9 Å². The van der Waals surface area contributed by atoms with Gasteiger partial charge >= 0.3 is 0 Å². The Bertz CT molecular complexity index is 590. The van der Waals surface area contributed by atoms with E-state index < -0.39 is 0 Å². The van der Waals surface area contributed by atoms with Crippen molar-refractivity contribution in [2.75, 3.05) is 13.6 Å². The minimum Gasteiger partial charge on any atom is -0.329 e. The third kappa shape index (κ3) is 3.59. The van der Waals surface area contributed by atoms with Gasteiger partial charge in [-0.15, -0.1) is 11.3 Å². The molecule has 0 bridgehead atoms. The molecule has 1 unspecified atom stereocenters. The second-order valence-electron chi connectivity index (χ2n) is 4.54. The second kappa shape index (κ2) is 7.00. The smallest absolute Gasteiger partial charge is 0.146 e.